The minimum Gasteiger partial charge on any atom is -0.493 e. The summed E-state index contributed by atoms with van der Waals surface area (Å²) in [4.78, 5) is 48.0. The van der Waals surface area contributed by atoms with Gasteiger partial charge in [-0.1, -0.05) is 0 Å². The third-order valence-electron chi connectivity index (χ3n) is 8.15. The Morgan fingerprint density at radius 3 is 2.28 bits per heavy atom. The third kappa shape index (κ3) is 7.31. The highest BCUT2D eigenvalue weighted by atomic mass is 16.5. The molecule has 0 bridgehead atoms. The smallest absolute Gasteiger partial charge is 0.320 e. The number of anilines is 2. The van der Waals surface area contributed by atoms with Gasteiger partial charge in [0, 0.05) is 70.0 Å². The number of amides is 4. The fraction of sp³-hybridized carbons (Fsp3) is 0.516. The number of nitrogens with zero attached hydrogens (tertiary/aromatic N) is 4. The van der Waals surface area contributed by atoms with E-state index < -0.39 is 0 Å². The molecule has 0 saturated carbocycles. The maximum atomic E-state index is 13.5. The zero-order chi connectivity index (χ0) is 30.2. The van der Waals surface area contributed by atoms with E-state index in [1.54, 1.807) is 31.4 Å². The molecule has 3 heterocycles. The van der Waals surface area contributed by atoms with Gasteiger partial charge in [-0.3, -0.25) is 9.59 Å². The molecule has 3 fully saturated rings. The monoisotopic (exact) mass is 594 g/mol. The number of methoxy groups -OCH3 is 2. The van der Waals surface area contributed by atoms with Crippen molar-refractivity contribution < 1.29 is 28.6 Å². The molecule has 2 aromatic rings. The molecule has 5 rings (SSSR count). The normalized spacial score (nSPS) is 18.0. The highest BCUT2D eigenvalue weighted by Gasteiger charge is 2.27. The maximum absolute atomic E-state index is 13.5. The topological polar surface area (TPSA) is 116 Å². The number of hydrogen-bond acceptors (Lipinski definition) is 8. The number of urea groups is 1. The van der Waals surface area contributed by atoms with Gasteiger partial charge in [-0.15, -0.1) is 0 Å². The number of nitrogens with one attached hydrogen (secondary N) is 2. The van der Waals surface area contributed by atoms with Crippen LogP contribution in [0.25, 0.3) is 0 Å². The fourth-order valence-corrected chi connectivity index (χ4v) is 5.75. The van der Waals surface area contributed by atoms with E-state index in [0.717, 1.165) is 31.6 Å². The maximum Gasteiger partial charge on any atom is 0.320 e. The number of benzene rings is 2. The molecule has 3 aliphatic rings. The molecule has 12 nitrogen and oxygen atoms in total. The summed E-state index contributed by atoms with van der Waals surface area (Å²) in [6.45, 7) is 7.80. The van der Waals surface area contributed by atoms with Gasteiger partial charge in [0.05, 0.1) is 38.8 Å². The molecule has 2 N–H and O–H groups in total. The molecule has 3 saturated heterocycles. The molecule has 43 heavy (non-hydrogen) atoms. The van der Waals surface area contributed by atoms with Gasteiger partial charge >= 0.3 is 6.03 Å². The Labute approximate surface area is 252 Å². The molecule has 0 unspecified atom stereocenters. The van der Waals surface area contributed by atoms with Crippen molar-refractivity contribution in [3.63, 3.8) is 0 Å². The third-order valence-corrected chi connectivity index (χ3v) is 8.15. The SMILES string of the molecule is COc1ccc(C(=O)Nc2cc(C(=O)N3CCCNCC3)ccc2N2CCCN(C(=O)N3CCOCC3)CC2)cc1OC. The number of hydrogen-bond donors (Lipinski definition) is 2. The van der Waals surface area contributed by atoms with Crippen molar-refractivity contribution in [1.29, 1.82) is 0 Å². The summed E-state index contributed by atoms with van der Waals surface area (Å²) in [5.41, 5.74) is 2.28. The quantitative estimate of drug-likeness (QED) is 0.524. The Morgan fingerprint density at radius 2 is 1.49 bits per heavy atom. The summed E-state index contributed by atoms with van der Waals surface area (Å²) in [5.74, 6) is 0.589. The van der Waals surface area contributed by atoms with E-state index in [1.807, 2.05) is 26.8 Å². The lowest BCUT2D eigenvalue weighted by Crippen LogP contribution is -2.49. The first-order valence-electron chi connectivity index (χ1n) is 15.0. The van der Waals surface area contributed by atoms with Crippen LogP contribution in [0.3, 0.4) is 0 Å². The number of ether oxygens (including phenoxy) is 3. The summed E-state index contributed by atoms with van der Waals surface area (Å²) < 4.78 is 16.1. The van der Waals surface area contributed by atoms with Crippen molar-refractivity contribution in [2.75, 3.05) is 103 Å². The second-order valence-corrected chi connectivity index (χ2v) is 10.9. The van der Waals surface area contributed by atoms with Crippen LogP contribution >= 0.6 is 0 Å². The molecule has 0 radical (unpaired) electrons. The van der Waals surface area contributed by atoms with Gasteiger partial charge in [0.25, 0.3) is 11.8 Å². The van der Waals surface area contributed by atoms with Gasteiger partial charge < -0.3 is 44.4 Å². The molecule has 4 amide bonds. The second kappa shape index (κ2) is 14.4. The highest BCUT2D eigenvalue weighted by Crippen LogP contribution is 2.32. The Hall–Kier alpha value is -4.03. The van der Waals surface area contributed by atoms with Gasteiger partial charge in [-0.2, -0.15) is 0 Å². The lowest BCUT2D eigenvalue weighted by molar-refractivity contribution is 0.0438. The number of carbonyl (C=O) groups is 3. The van der Waals surface area contributed by atoms with Crippen molar-refractivity contribution in [2.24, 2.45) is 0 Å². The van der Waals surface area contributed by atoms with Crippen LogP contribution < -0.4 is 25.0 Å². The van der Waals surface area contributed by atoms with E-state index >= 15 is 0 Å². The van der Waals surface area contributed by atoms with E-state index in [9.17, 15) is 14.4 Å². The van der Waals surface area contributed by atoms with Crippen LogP contribution in [0.1, 0.15) is 33.6 Å². The van der Waals surface area contributed by atoms with Gasteiger partial charge in [0.2, 0.25) is 0 Å². The fourth-order valence-electron chi connectivity index (χ4n) is 5.75. The minimum absolute atomic E-state index is 0.0417. The van der Waals surface area contributed by atoms with E-state index in [0.29, 0.717) is 93.9 Å². The summed E-state index contributed by atoms with van der Waals surface area (Å²) in [5, 5.41) is 6.40. The molecular formula is C31H42N6O6. The van der Waals surface area contributed by atoms with Crippen LogP contribution in [0.5, 0.6) is 11.5 Å². The molecule has 0 atom stereocenters. The largest absolute Gasteiger partial charge is 0.493 e. The zero-order valence-electron chi connectivity index (χ0n) is 25.1. The second-order valence-electron chi connectivity index (χ2n) is 10.9. The predicted octanol–water partition coefficient (Wildman–Crippen LogP) is 2.36. The molecule has 12 heteroatoms. The van der Waals surface area contributed by atoms with Gasteiger partial charge in [0.1, 0.15) is 0 Å². The van der Waals surface area contributed by atoms with E-state index in [4.69, 9.17) is 14.2 Å². The zero-order valence-corrected chi connectivity index (χ0v) is 25.1. The molecule has 232 valence electrons. The van der Waals surface area contributed by atoms with Crippen molar-refractivity contribution in [1.82, 2.24) is 20.0 Å². The molecule has 0 aliphatic carbocycles. The summed E-state index contributed by atoms with van der Waals surface area (Å²) in [7, 11) is 3.07. The van der Waals surface area contributed by atoms with Gasteiger partial charge in [-0.05, 0) is 55.8 Å². The molecule has 0 aromatic heterocycles. The number of rotatable bonds is 6. The molecule has 2 aromatic carbocycles. The van der Waals surface area contributed by atoms with Gasteiger partial charge in [0.15, 0.2) is 11.5 Å². The Kier molecular flexibility index (Phi) is 10.2. The summed E-state index contributed by atoms with van der Waals surface area (Å²) in [6, 6.07) is 10.6. The summed E-state index contributed by atoms with van der Waals surface area (Å²) >= 11 is 0. The van der Waals surface area contributed by atoms with Crippen LogP contribution in [0.4, 0.5) is 16.2 Å². The first-order chi connectivity index (χ1) is 21.0. The average molecular weight is 595 g/mol. The lowest BCUT2D eigenvalue weighted by atomic mass is 10.1. The van der Waals surface area contributed by atoms with Crippen molar-refractivity contribution in [3.05, 3.63) is 47.5 Å². The first kappa shape index (κ1) is 30.4. The highest BCUT2D eigenvalue weighted by molar-refractivity contribution is 6.07. The molecular weight excluding hydrogens is 552 g/mol. The average Bonchev–Trinajstić information content (AvgIpc) is 3.48. The van der Waals surface area contributed by atoms with Crippen molar-refractivity contribution in [2.45, 2.75) is 12.8 Å². The Bertz CT molecular complexity index is 1290. The van der Waals surface area contributed by atoms with E-state index in [1.165, 1.54) is 7.11 Å². The van der Waals surface area contributed by atoms with Crippen LogP contribution in [-0.2, 0) is 4.74 Å². The van der Waals surface area contributed by atoms with E-state index in [2.05, 4.69) is 15.5 Å². The Morgan fingerprint density at radius 1 is 0.744 bits per heavy atom. The Balaban J connectivity index is 1.39. The summed E-state index contributed by atoms with van der Waals surface area (Å²) in [6.07, 6.45) is 1.67. The number of carbonyl (C=O) groups excluding carboxylic acids is 3. The standard InChI is InChI=1S/C31H42N6O6/c1-41-27-8-6-23(22-28(27)42-2)29(38)33-25-21-24(30(39)35-11-3-9-32-10-14-35)5-7-26(25)34-12-4-13-36(16-15-34)31(40)37-17-19-43-20-18-37/h5-8,21-22,32H,3-4,9-20H2,1-2H3,(H,33,38). The van der Waals surface area contributed by atoms with Crippen LogP contribution in [0.2, 0.25) is 0 Å². The van der Waals surface area contributed by atoms with Crippen LogP contribution in [-0.4, -0.2) is 125 Å². The van der Waals surface area contributed by atoms with E-state index in [-0.39, 0.29) is 17.8 Å². The lowest BCUT2D eigenvalue weighted by Gasteiger charge is -2.32. The predicted molar refractivity (Wildman–Crippen MR) is 164 cm³/mol. The molecule has 0 spiro atoms. The number of morpholine rings is 1. The molecule has 3 aliphatic heterocycles. The van der Waals surface area contributed by atoms with Gasteiger partial charge in [-0.25, -0.2) is 4.79 Å². The minimum atomic E-state index is -0.329. The van der Waals surface area contributed by atoms with Crippen molar-refractivity contribution in [3.8, 4) is 11.5 Å². The van der Waals surface area contributed by atoms with Crippen molar-refractivity contribution >= 4 is 29.2 Å². The van der Waals surface area contributed by atoms with Crippen LogP contribution in [0, 0.1) is 0 Å². The van der Waals surface area contributed by atoms with Crippen LogP contribution in [0.15, 0.2) is 36.4 Å². The first-order valence-corrected chi connectivity index (χ1v) is 15.0.